The van der Waals surface area contributed by atoms with Crippen molar-refractivity contribution >= 4 is 0 Å². The predicted octanol–water partition coefficient (Wildman–Crippen LogP) is -0.258. The van der Waals surface area contributed by atoms with Crippen LogP contribution in [0.3, 0.4) is 0 Å². The number of hydrogen-bond donors (Lipinski definition) is 1. The lowest BCUT2D eigenvalue weighted by atomic mass is 10.3. The van der Waals surface area contributed by atoms with Crippen LogP contribution in [-0.2, 0) is 0 Å². The van der Waals surface area contributed by atoms with Crippen molar-refractivity contribution in [1.82, 2.24) is 20.2 Å². The Labute approximate surface area is 101 Å². The van der Waals surface area contributed by atoms with E-state index in [1.54, 1.807) is 19.5 Å². The third kappa shape index (κ3) is 3.41. The summed E-state index contributed by atoms with van der Waals surface area (Å²) in [5, 5.41) is 3.31. The molecule has 1 aromatic heterocycles. The molecule has 1 N–H and O–H groups in total. The molecule has 0 spiro atoms. The van der Waals surface area contributed by atoms with E-state index in [2.05, 4.69) is 32.0 Å². The Kier molecular flexibility index (Phi) is 4.30. The highest BCUT2D eigenvalue weighted by atomic mass is 16.5. The zero-order valence-electron chi connectivity index (χ0n) is 9.94. The molecule has 0 aromatic carbocycles. The topological polar surface area (TPSA) is 50.3 Å². The van der Waals surface area contributed by atoms with E-state index >= 15 is 0 Å². The van der Waals surface area contributed by atoms with Crippen LogP contribution < -0.4 is 10.1 Å². The third-order valence-electron chi connectivity index (χ3n) is 2.58. The van der Waals surface area contributed by atoms with Gasteiger partial charge in [0.25, 0.3) is 0 Å². The van der Waals surface area contributed by atoms with Gasteiger partial charge in [-0.15, -0.1) is 0 Å². The maximum atomic E-state index is 5.09. The van der Waals surface area contributed by atoms with E-state index in [0.717, 1.165) is 32.7 Å². The van der Waals surface area contributed by atoms with Crippen LogP contribution in [0.5, 0.6) is 5.88 Å². The van der Waals surface area contributed by atoms with Crippen molar-refractivity contribution in [3.8, 4) is 17.7 Å². The molecule has 17 heavy (non-hydrogen) atoms. The first kappa shape index (κ1) is 11.8. The molecule has 1 aliphatic rings. The number of aromatic nitrogens is 2. The monoisotopic (exact) mass is 232 g/mol. The number of ether oxygens (including phenoxy) is 1. The summed E-state index contributed by atoms with van der Waals surface area (Å²) in [6, 6.07) is 0. The third-order valence-corrected chi connectivity index (χ3v) is 2.58. The quantitative estimate of drug-likeness (QED) is 0.712. The van der Waals surface area contributed by atoms with Gasteiger partial charge in [-0.25, -0.2) is 9.97 Å². The lowest BCUT2D eigenvalue weighted by Crippen LogP contribution is -2.43. The van der Waals surface area contributed by atoms with E-state index in [9.17, 15) is 0 Å². The average Bonchev–Trinajstić information content (AvgIpc) is 2.40. The van der Waals surface area contributed by atoms with Gasteiger partial charge in [-0.05, 0) is 5.92 Å². The van der Waals surface area contributed by atoms with E-state index in [1.165, 1.54) is 0 Å². The molecule has 90 valence electrons. The molecule has 5 nitrogen and oxygen atoms in total. The molecular weight excluding hydrogens is 216 g/mol. The fourth-order valence-electron chi connectivity index (χ4n) is 1.66. The highest BCUT2D eigenvalue weighted by molar-refractivity contribution is 5.35. The second-order valence-electron chi connectivity index (χ2n) is 3.74. The predicted molar refractivity (Wildman–Crippen MR) is 64.8 cm³/mol. The molecule has 0 radical (unpaired) electrons. The van der Waals surface area contributed by atoms with Gasteiger partial charge in [-0.3, -0.25) is 4.90 Å². The number of nitrogens with zero attached hydrogens (tertiary/aromatic N) is 3. The van der Waals surface area contributed by atoms with E-state index in [4.69, 9.17) is 4.74 Å². The molecule has 2 heterocycles. The first-order valence-corrected chi connectivity index (χ1v) is 5.67. The van der Waals surface area contributed by atoms with E-state index in [0.29, 0.717) is 11.6 Å². The molecule has 0 amide bonds. The van der Waals surface area contributed by atoms with Crippen molar-refractivity contribution in [3.05, 3.63) is 18.1 Å². The van der Waals surface area contributed by atoms with Crippen molar-refractivity contribution in [2.24, 2.45) is 0 Å². The molecule has 0 aliphatic carbocycles. The largest absolute Gasteiger partial charge is 0.479 e. The zero-order valence-corrected chi connectivity index (χ0v) is 9.94. The van der Waals surface area contributed by atoms with Crippen LogP contribution >= 0.6 is 0 Å². The number of piperazine rings is 1. The smallest absolute Gasteiger partial charge is 0.248 e. The minimum atomic E-state index is 0.486. The van der Waals surface area contributed by atoms with Crippen LogP contribution in [0.1, 0.15) is 5.69 Å². The zero-order chi connectivity index (χ0) is 11.9. The summed E-state index contributed by atoms with van der Waals surface area (Å²) in [5.41, 5.74) is 0.602. The summed E-state index contributed by atoms with van der Waals surface area (Å²) in [5.74, 6) is 6.60. The van der Waals surface area contributed by atoms with Crippen LogP contribution in [0.2, 0.25) is 0 Å². The van der Waals surface area contributed by atoms with Crippen molar-refractivity contribution in [2.45, 2.75) is 0 Å². The molecule has 2 rings (SSSR count). The molecule has 1 fully saturated rings. The summed E-state index contributed by atoms with van der Waals surface area (Å²) in [6.45, 7) is 4.94. The summed E-state index contributed by atoms with van der Waals surface area (Å²) in [7, 11) is 1.57. The van der Waals surface area contributed by atoms with Crippen molar-refractivity contribution in [2.75, 3.05) is 39.8 Å². The maximum Gasteiger partial charge on any atom is 0.248 e. The minimum Gasteiger partial charge on any atom is -0.479 e. The first-order chi connectivity index (χ1) is 8.40. The lowest BCUT2D eigenvalue weighted by Gasteiger charge is -2.24. The summed E-state index contributed by atoms with van der Waals surface area (Å²) >= 11 is 0. The van der Waals surface area contributed by atoms with Crippen LogP contribution in [-0.4, -0.2) is 54.7 Å². The van der Waals surface area contributed by atoms with Crippen LogP contribution in [0, 0.1) is 11.8 Å². The van der Waals surface area contributed by atoms with Crippen LogP contribution in [0.4, 0.5) is 0 Å². The minimum absolute atomic E-state index is 0.486. The van der Waals surface area contributed by atoms with Gasteiger partial charge < -0.3 is 10.1 Å². The van der Waals surface area contributed by atoms with Gasteiger partial charge in [-0.2, -0.15) is 0 Å². The Morgan fingerprint density at radius 3 is 2.88 bits per heavy atom. The molecular formula is C12H16N4O. The highest BCUT2D eigenvalue weighted by Gasteiger charge is 2.07. The SMILES string of the molecule is COc1nccnc1C#CCN1CCNCC1. The van der Waals surface area contributed by atoms with Gasteiger partial charge in [-0.1, -0.05) is 5.92 Å². The van der Waals surface area contributed by atoms with Crippen LogP contribution in [0.25, 0.3) is 0 Å². The van der Waals surface area contributed by atoms with Crippen molar-refractivity contribution in [3.63, 3.8) is 0 Å². The van der Waals surface area contributed by atoms with Crippen molar-refractivity contribution in [1.29, 1.82) is 0 Å². The maximum absolute atomic E-state index is 5.09. The molecule has 1 saturated heterocycles. The molecule has 1 aliphatic heterocycles. The summed E-state index contributed by atoms with van der Waals surface area (Å²) in [4.78, 5) is 10.5. The number of rotatable bonds is 2. The Morgan fingerprint density at radius 2 is 2.12 bits per heavy atom. The summed E-state index contributed by atoms with van der Waals surface area (Å²) in [6.07, 6.45) is 3.22. The fraction of sp³-hybridized carbons (Fsp3) is 0.500. The molecule has 0 saturated carbocycles. The lowest BCUT2D eigenvalue weighted by molar-refractivity contribution is 0.268. The van der Waals surface area contributed by atoms with E-state index in [-0.39, 0.29) is 0 Å². The fourth-order valence-corrected chi connectivity index (χ4v) is 1.66. The molecule has 0 bridgehead atoms. The second kappa shape index (κ2) is 6.18. The number of methoxy groups -OCH3 is 1. The Hall–Kier alpha value is -1.64. The van der Waals surface area contributed by atoms with Gasteiger partial charge in [0.15, 0.2) is 5.69 Å². The second-order valence-corrected chi connectivity index (χ2v) is 3.74. The van der Waals surface area contributed by atoms with Gasteiger partial charge in [0.1, 0.15) is 0 Å². The Bertz CT molecular complexity index is 418. The standard InChI is InChI=1S/C12H16N4O/c1-17-12-11(14-4-5-15-12)3-2-8-16-9-6-13-7-10-16/h4-5,13H,6-10H2,1H3. The normalized spacial score (nSPS) is 16.1. The van der Waals surface area contributed by atoms with Crippen molar-refractivity contribution < 1.29 is 4.74 Å². The summed E-state index contributed by atoms with van der Waals surface area (Å²) < 4.78 is 5.09. The molecule has 5 heteroatoms. The number of nitrogens with one attached hydrogen (secondary N) is 1. The molecule has 1 aromatic rings. The molecule has 0 unspecified atom stereocenters. The Morgan fingerprint density at radius 1 is 1.35 bits per heavy atom. The number of hydrogen-bond acceptors (Lipinski definition) is 5. The average molecular weight is 232 g/mol. The Balaban J connectivity index is 1.95. The van der Waals surface area contributed by atoms with Gasteiger partial charge in [0, 0.05) is 38.6 Å². The first-order valence-electron chi connectivity index (χ1n) is 5.67. The van der Waals surface area contributed by atoms with Gasteiger partial charge in [0.05, 0.1) is 13.7 Å². The van der Waals surface area contributed by atoms with Gasteiger partial charge in [0.2, 0.25) is 5.88 Å². The van der Waals surface area contributed by atoms with Gasteiger partial charge >= 0.3 is 0 Å². The van der Waals surface area contributed by atoms with E-state index in [1.807, 2.05) is 0 Å². The molecule has 0 atom stereocenters. The van der Waals surface area contributed by atoms with E-state index < -0.39 is 0 Å². The van der Waals surface area contributed by atoms with Crippen LogP contribution in [0.15, 0.2) is 12.4 Å². The highest BCUT2D eigenvalue weighted by Crippen LogP contribution is 2.07.